The molecule has 80 valence electrons. The molecule has 4 atom stereocenters. The number of carbonyl (C=O) groups is 1. The maximum absolute atomic E-state index is 10.3. The number of hydrogen-bond donors (Lipinski definition) is 5. The van der Waals surface area contributed by atoms with Gasteiger partial charge < -0.3 is 27.0 Å². The predicted octanol–water partition coefficient (Wildman–Crippen LogP) is -5.70. The van der Waals surface area contributed by atoms with Gasteiger partial charge in [0, 0.05) is 0 Å². The predicted molar refractivity (Wildman–Crippen MR) is 43.1 cm³/mol. The van der Waals surface area contributed by atoms with E-state index in [4.69, 9.17) is 37.1 Å². The average Bonchev–Trinajstić information content (AvgIpc) is 2.12. The number of halogens is 1. The summed E-state index contributed by atoms with van der Waals surface area (Å²) in [6, 6.07) is 0. The molecule has 0 aromatic rings. The van der Waals surface area contributed by atoms with Crippen molar-refractivity contribution in [3.8, 4) is 0 Å². The summed E-state index contributed by atoms with van der Waals surface area (Å²) in [5.74, 6) is 0. The molecule has 0 heterocycles. The Balaban J connectivity index is -0.000000720. The number of aliphatic hydroxyl groups is 5. The van der Waals surface area contributed by atoms with E-state index in [0.29, 0.717) is 0 Å². The zero-order valence-corrected chi connectivity index (χ0v) is 10.3. The molecule has 0 aromatic carbocycles. The molecule has 0 aliphatic heterocycles. The Morgan fingerprint density at radius 3 is 1.93 bits per heavy atom. The van der Waals surface area contributed by atoms with Crippen molar-refractivity contribution in [2.24, 2.45) is 0 Å². The monoisotopic (exact) mass is 238 g/mol. The summed E-state index contributed by atoms with van der Waals surface area (Å²) in [6.07, 6.45) is -7.38. The first-order valence-electron chi connectivity index (χ1n) is 3.44. The van der Waals surface area contributed by atoms with E-state index in [1.54, 1.807) is 0 Å². The van der Waals surface area contributed by atoms with Crippen molar-refractivity contribution in [2.75, 3.05) is 6.61 Å². The SMILES string of the molecule is O=C(Cl)[C@H](O)[C@@H](O)[C@H](O)[C@H](O)CO.[H-].[Na+]. The fraction of sp³-hybridized carbons (Fsp3) is 0.833. The van der Waals surface area contributed by atoms with Crippen molar-refractivity contribution in [2.45, 2.75) is 24.4 Å². The first kappa shape index (κ1) is 17.2. The smallest absolute Gasteiger partial charge is 1.00 e. The van der Waals surface area contributed by atoms with Crippen LogP contribution in [-0.4, -0.2) is 61.8 Å². The van der Waals surface area contributed by atoms with Gasteiger partial charge in [-0.3, -0.25) is 4.79 Å². The molecule has 0 amide bonds. The van der Waals surface area contributed by atoms with Crippen LogP contribution in [0.5, 0.6) is 0 Å². The number of hydrogen-bond acceptors (Lipinski definition) is 6. The first-order chi connectivity index (χ1) is 5.91. The average molecular weight is 239 g/mol. The maximum atomic E-state index is 10.3. The maximum Gasteiger partial charge on any atom is 1.00 e. The second-order valence-corrected chi connectivity index (χ2v) is 2.85. The Hall–Kier alpha value is 0.760. The molecule has 0 unspecified atom stereocenters. The van der Waals surface area contributed by atoms with Crippen LogP contribution in [0, 0.1) is 0 Å². The van der Waals surface area contributed by atoms with Gasteiger partial charge in [-0.25, -0.2) is 0 Å². The van der Waals surface area contributed by atoms with E-state index in [9.17, 15) is 4.79 Å². The topological polar surface area (TPSA) is 118 Å². The van der Waals surface area contributed by atoms with Crippen LogP contribution in [0.2, 0.25) is 0 Å². The van der Waals surface area contributed by atoms with E-state index in [1.165, 1.54) is 0 Å². The first-order valence-corrected chi connectivity index (χ1v) is 3.82. The molecule has 0 saturated carbocycles. The molecule has 0 spiro atoms. The summed E-state index contributed by atoms with van der Waals surface area (Å²) >= 11 is 4.81. The third kappa shape index (κ3) is 5.01. The fourth-order valence-electron chi connectivity index (χ4n) is 0.657. The molecule has 0 fully saturated rings. The third-order valence-electron chi connectivity index (χ3n) is 1.49. The van der Waals surface area contributed by atoms with E-state index >= 15 is 0 Å². The van der Waals surface area contributed by atoms with Gasteiger partial charge in [0.1, 0.15) is 18.3 Å². The van der Waals surface area contributed by atoms with Crippen LogP contribution in [0.25, 0.3) is 0 Å². The Kier molecular flexibility index (Phi) is 9.78. The molecule has 0 rings (SSSR count). The number of aliphatic hydroxyl groups excluding tert-OH is 5. The van der Waals surface area contributed by atoms with E-state index in [0.717, 1.165) is 0 Å². The van der Waals surface area contributed by atoms with Gasteiger partial charge in [0.25, 0.3) is 5.24 Å². The largest absolute Gasteiger partial charge is 1.00 e. The second kappa shape index (κ2) is 7.98. The Morgan fingerprint density at radius 1 is 1.21 bits per heavy atom. The molecule has 0 aliphatic rings. The Morgan fingerprint density at radius 2 is 1.64 bits per heavy atom. The molecule has 0 saturated heterocycles. The van der Waals surface area contributed by atoms with E-state index < -0.39 is 36.3 Å². The van der Waals surface area contributed by atoms with E-state index in [-0.39, 0.29) is 31.0 Å². The van der Waals surface area contributed by atoms with Gasteiger partial charge in [-0.1, -0.05) is 0 Å². The zero-order chi connectivity index (χ0) is 10.6. The number of carbonyl (C=O) groups excluding carboxylic acids is 1. The van der Waals surface area contributed by atoms with Gasteiger partial charge in [0.15, 0.2) is 6.10 Å². The summed E-state index contributed by atoms with van der Waals surface area (Å²) in [5.41, 5.74) is 0. The minimum atomic E-state index is -1.99. The van der Waals surface area contributed by atoms with Crippen molar-refractivity contribution >= 4 is 16.8 Å². The summed E-state index contributed by atoms with van der Waals surface area (Å²) in [6.45, 7) is -0.804. The van der Waals surface area contributed by atoms with Crippen LogP contribution in [0.4, 0.5) is 0 Å². The van der Waals surface area contributed by atoms with Crippen LogP contribution >= 0.6 is 11.6 Å². The van der Waals surface area contributed by atoms with Crippen LogP contribution in [0.1, 0.15) is 1.43 Å². The Labute approximate surface area is 109 Å². The molecule has 14 heavy (non-hydrogen) atoms. The van der Waals surface area contributed by atoms with E-state index in [2.05, 4.69) is 0 Å². The van der Waals surface area contributed by atoms with Gasteiger partial charge in [-0.05, 0) is 11.6 Å². The number of rotatable bonds is 5. The summed E-state index contributed by atoms with van der Waals surface area (Å²) < 4.78 is 0. The molecule has 0 bridgehead atoms. The summed E-state index contributed by atoms with van der Waals surface area (Å²) in [7, 11) is 0. The van der Waals surface area contributed by atoms with Gasteiger partial charge in [-0.15, -0.1) is 0 Å². The quantitative estimate of drug-likeness (QED) is 0.241. The second-order valence-electron chi connectivity index (χ2n) is 2.48. The van der Waals surface area contributed by atoms with Crippen LogP contribution in [0.15, 0.2) is 0 Å². The minimum Gasteiger partial charge on any atom is -1.00 e. The zero-order valence-electron chi connectivity index (χ0n) is 8.54. The van der Waals surface area contributed by atoms with Crippen molar-refractivity contribution in [1.29, 1.82) is 0 Å². The molecule has 6 nitrogen and oxygen atoms in total. The van der Waals surface area contributed by atoms with Crippen molar-refractivity contribution in [3.63, 3.8) is 0 Å². The van der Waals surface area contributed by atoms with E-state index in [1.807, 2.05) is 0 Å². The molecular weight excluding hydrogens is 227 g/mol. The molecule has 0 aliphatic carbocycles. The molecule has 0 radical (unpaired) electrons. The van der Waals surface area contributed by atoms with Crippen molar-refractivity contribution in [1.82, 2.24) is 0 Å². The van der Waals surface area contributed by atoms with Gasteiger partial charge in [-0.2, -0.15) is 0 Å². The van der Waals surface area contributed by atoms with Gasteiger partial charge >= 0.3 is 29.6 Å². The van der Waals surface area contributed by atoms with Crippen LogP contribution in [-0.2, 0) is 4.79 Å². The molecular formula is C6H12ClNaO6. The Bertz CT molecular complexity index is 185. The van der Waals surface area contributed by atoms with Crippen LogP contribution in [0.3, 0.4) is 0 Å². The summed E-state index contributed by atoms with van der Waals surface area (Å²) in [4.78, 5) is 10.3. The van der Waals surface area contributed by atoms with Crippen molar-refractivity contribution in [3.05, 3.63) is 0 Å². The molecule has 0 aromatic heterocycles. The van der Waals surface area contributed by atoms with Gasteiger partial charge in [0.05, 0.1) is 6.61 Å². The minimum absolute atomic E-state index is 0. The van der Waals surface area contributed by atoms with Crippen molar-refractivity contribution < 1.29 is 61.3 Å². The van der Waals surface area contributed by atoms with Gasteiger partial charge in [0.2, 0.25) is 0 Å². The molecule has 5 N–H and O–H groups in total. The molecule has 8 heteroatoms. The normalized spacial score (nSPS) is 19.0. The summed E-state index contributed by atoms with van der Waals surface area (Å²) in [5, 5.41) is 42.7. The third-order valence-corrected chi connectivity index (χ3v) is 1.71. The standard InChI is InChI=1S/C6H11ClO6.Na.H/c7-6(13)5(12)4(11)3(10)2(9)1-8;;/h2-5,8-12H,1H2;;/q;+1;-1/t2-,3-,4+,5-;;/m1../s1. The fourth-order valence-corrected chi connectivity index (χ4v) is 0.786. The van der Waals surface area contributed by atoms with Crippen LogP contribution < -0.4 is 29.6 Å².